The number of amides is 1. The van der Waals surface area contributed by atoms with Crippen molar-refractivity contribution in [1.29, 1.82) is 0 Å². The zero-order valence-corrected chi connectivity index (χ0v) is 13.0. The molecule has 0 spiro atoms. The summed E-state index contributed by atoms with van der Waals surface area (Å²) in [6, 6.07) is 9.19. The summed E-state index contributed by atoms with van der Waals surface area (Å²) in [5, 5.41) is 11.6. The number of carboxylic acid groups (broad SMARTS) is 1. The molecule has 2 aromatic rings. The first-order valence-electron chi connectivity index (χ1n) is 7.83. The van der Waals surface area contributed by atoms with Crippen molar-refractivity contribution in [1.82, 2.24) is 5.32 Å². The minimum absolute atomic E-state index is 0.105. The second kappa shape index (κ2) is 6.47. The molecule has 1 saturated carbocycles. The van der Waals surface area contributed by atoms with E-state index in [-0.39, 0.29) is 24.0 Å². The molecule has 0 unspecified atom stereocenters. The Morgan fingerprint density at radius 2 is 2.04 bits per heavy atom. The van der Waals surface area contributed by atoms with Crippen molar-refractivity contribution in [2.75, 3.05) is 0 Å². The molecule has 1 fully saturated rings. The molecule has 2 N–H and O–H groups in total. The minimum Gasteiger partial charge on any atom is -0.475 e. The zero-order chi connectivity index (χ0) is 17.2. The summed E-state index contributed by atoms with van der Waals surface area (Å²) in [5.74, 6) is -1.32. The van der Waals surface area contributed by atoms with Crippen LogP contribution in [0.25, 0.3) is 0 Å². The number of furan rings is 1. The van der Waals surface area contributed by atoms with Gasteiger partial charge >= 0.3 is 5.97 Å². The fourth-order valence-electron chi connectivity index (χ4n) is 3.07. The van der Waals surface area contributed by atoms with Crippen molar-refractivity contribution >= 4 is 11.9 Å². The van der Waals surface area contributed by atoms with Gasteiger partial charge in [-0.15, -0.1) is 0 Å². The van der Waals surface area contributed by atoms with Crippen LogP contribution in [-0.4, -0.2) is 17.0 Å². The third-order valence-electron chi connectivity index (χ3n) is 4.52. The Morgan fingerprint density at radius 3 is 2.62 bits per heavy atom. The summed E-state index contributed by atoms with van der Waals surface area (Å²) >= 11 is 0. The average Bonchev–Trinajstić information content (AvgIpc) is 2.98. The molecule has 126 valence electrons. The number of benzene rings is 1. The first kappa shape index (κ1) is 16.2. The molecule has 1 aromatic carbocycles. The molecule has 0 atom stereocenters. The number of hydrogen-bond donors (Lipinski definition) is 2. The average molecular weight is 331 g/mol. The molecular formula is C18H18FNO4. The van der Waals surface area contributed by atoms with Gasteiger partial charge in [-0.1, -0.05) is 18.6 Å². The highest BCUT2D eigenvalue weighted by atomic mass is 19.1. The van der Waals surface area contributed by atoms with Crippen LogP contribution in [0.2, 0.25) is 0 Å². The summed E-state index contributed by atoms with van der Waals surface area (Å²) in [6.45, 7) is 0.136. The van der Waals surface area contributed by atoms with Crippen molar-refractivity contribution < 1.29 is 23.5 Å². The number of carboxylic acids is 1. The van der Waals surface area contributed by atoms with Gasteiger partial charge in [-0.25, -0.2) is 9.18 Å². The van der Waals surface area contributed by atoms with E-state index in [0.717, 1.165) is 24.8 Å². The van der Waals surface area contributed by atoms with Crippen LogP contribution in [0.1, 0.15) is 41.1 Å². The second-order valence-electron chi connectivity index (χ2n) is 6.19. The standard InChI is InChI=1S/C18H18FNO4/c19-13-4-1-3-12(9-13)10-18(7-2-8-18)17(23)20-11-14-5-6-15(24-14)16(21)22/h1,3-6,9H,2,7-8,10-11H2,(H,20,23)(H,21,22). The lowest BCUT2D eigenvalue weighted by Gasteiger charge is -2.40. The number of aromatic carboxylic acids is 1. The topological polar surface area (TPSA) is 79.5 Å². The van der Waals surface area contributed by atoms with E-state index in [1.54, 1.807) is 6.07 Å². The normalized spacial score (nSPS) is 15.5. The first-order valence-corrected chi connectivity index (χ1v) is 7.83. The van der Waals surface area contributed by atoms with Crippen LogP contribution in [0.4, 0.5) is 4.39 Å². The van der Waals surface area contributed by atoms with E-state index in [0.29, 0.717) is 12.2 Å². The first-order chi connectivity index (χ1) is 11.5. The van der Waals surface area contributed by atoms with Gasteiger partial charge in [-0.05, 0) is 49.1 Å². The predicted octanol–water partition coefficient (Wildman–Crippen LogP) is 3.15. The van der Waals surface area contributed by atoms with Crippen LogP contribution in [0.5, 0.6) is 0 Å². The lowest BCUT2D eigenvalue weighted by molar-refractivity contribution is -0.136. The lowest BCUT2D eigenvalue weighted by Crippen LogP contribution is -2.46. The van der Waals surface area contributed by atoms with Crippen molar-refractivity contribution in [2.24, 2.45) is 5.41 Å². The molecule has 0 radical (unpaired) electrons. The van der Waals surface area contributed by atoms with Crippen LogP contribution < -0.4 is 5.32 Å². The molecule has 1 amide bonds. The highest BCUT2D eigenvalue weighted by Gasteiger charge is 2.43. The number of rotatable bonds is 6. The number of carbonyl (C=O) groups is 2. The van der Waals surface area contributed by atoms with Gasteiger partial charge in [0.05, 0.1) is 12.0 Å². The Kier molecular flexibility index (Phi) is 4.38. The fourth-order valence-corrected chi connectivity index (χ4v) is 3.07. The molecule has 1 aliphatic carbocycles. The van der Waals surface area contributed by atoms with E-state index in [2.05, 4.69) is 5.32 Å². The van der Waals surface area contributed by atoms with Crippen molar-refractivity contribution in [3.63, 3.8) is 0 Å². The fraction of sp³-hybridized carbons (Fsp3) is 0.333. The largest absolute Gasteiger partial charge is 0.475 e. The smallest absolute Gasteiger partial charge is 0.371 e. The highest BCUT2D eigenvalue weighted by molar-refractivity contribution is 5.85. The molecule has 1 aromatic heterocycles. The molecule has 1 heterocycles. The van der Waals surface area contributed by atoms with Gasteiger partial charge in [-0.3, -0.25) is 4.79 Å². The third kappa shape index (κ3) is 3.32. The number of halogens is 1. The number of carbonyl (C=O) groups excluding carboxylic acids is 1. The van der Waals surface area contributed by atoms with Crippen LogP contribution in [-0.2, 0) is 17.8 Å². The SMILES string of the molecule is O=C(O)c1ccc(CNC(=O)C2(Cc3cccc(F)c3)CCC2)o1. The Labute approximate surface area is 138 Å². The monoisotopic (exact) mass is 331 g/mol. The Bertz CT molecular complexity index is 764. The summed E-state index contributed by atoms with van der Waals surface area (Å²) in [6.07, 6.45) is 2.98. The van der Waals surface area contributed by atoms with E-state index in [4.69, 9.17) is 9.52 Å². The van der Waals surface area contributed by atoms with Gasteiger partial charge in [-0.2, -0.15) is 0 Å². The van der Waals surface area contributed by atoms with Gasteiger partial charge in [0.25, 0.3) is 0 Å². The molecule has 5 nitrogen and oxygen atoms in total. The summed E-state index contributed by atoms with van der Waals surface area (Å²) < 4.78 is 18.5. The number of hydrogen-bond acceptors (Lipinski definition) is 3. The van der Waals surface area contributed by atoms with E-state index >= 15 is 0 Å². The molecule has 0 aliphatic heterocycles. The van der Waals surface area contributed by atoms with Crippen LogP contribution >= 0.6 is 0 Å². The van der Waals surface area contributed by atoms with E-state index in [9.17, 15) is 14.0 Å². The summed E-state index contributed by atoms with van der Waals surface area (Å²) in [7, 11) is 0. The van der Waals surface area contributed by atoms with Crippen LogP contribution in [0, 0.1) is 11.2 Å². The van der Waals surface area contributed by atoms with Gasteiger partial charge in [0.1, 0.15) is 11.6 Å². The van der Waals surface area contributed by atoms with E-state index < -0.39 is 11.4 Å². The molecular weight excluding hydrogens is 313 g/mol. The second-order valence-corrected chi connectivity index (χ2v) is 6.19. The third-order valence-corrected chi connectivity index (χ3v) is 4.52. The molecule has 0 bridgehead atoms. The van der Waals surface area contributed by atoms with Gasteiger partial charge in [0, 0.05) is 0 Å². The van der Waals surface area contributed by atoms with Crippen LogP contribution in [0.3, 0.4) is 0 Å². The Hall–Kier alpha value is -2.63. The number of nitrogens with one attached hydrogen (secondary N) is 1. The molecule has 0 saturated heterocycles. The van der Waals surface area contributed by atoms with Gasteiger partial charge in [0.15, 0.2) is 0 Å². The molecule has 1 aliphatic rings. The maximum Gasteiger partial charge on any atom is 0.371 e. The maximum absolute atomic E-state index is 13.3. The molecule has 6 heteroatoms. The van der Waals surface area contributed by atoms with Crippen molar-refractivity contribution in [3.8, 4) is 0 Å². The Morgan fingerprint density at radius 1 is 1.25 bits per heavy atom. The van der Waals surface area contributed by atoms with Crippen molar-refractivity contribution in [2.45, 2.75) is 32.2 Å². The van der Waals surface area contributed by atoms with Gasteiger partial charge in [0.2, 0.25) is 11.7 Å². The maximum atomic E-state index is 13.3. The zero-order valence-electron chi connectivity index (χ0n) is 13.0. The highest BCUT2D eigenvalue weighted by Crippen LogP contribution is 2.44. The summed E-state index contributed by atoms with van der Waals surface area (Å²) in [5.41, 5.74) is 0.284. The lowest BCUT2D eigenvalue weighted by atomic mass is 9.64. The molecule has 24 heavy (non-hydrogen) atoms. The minimum atomic E-state index is -1.14. The Balaban J connectivity index is 1.64. The molecule has 3 rings (SSSR count). The summed E-state index contributed by atoms with van der Waals surface area (Å²) in [4.78, 5) is 23.4. The van der Waals surface area contributed by atoms with Crippen LogP contribution in [0.15, 0.2) is 40.8 Å². The quantitative estimate of drug-likeness (QED) is 0.852. The predicted molar refractivity (Wildman–Crippen MR) is 83.9 cm³/mol. The van der Waals surface area contributed by atoms with E-state index in [1.807, 2.05) is 6.07 Å². The van der Waals surface area contributed by atoms with Gasteiger partial charge < -0.3 is 14.8 Å². The van der Waals surface area contributed by atoms with E-state index in [1.165, 1.54) is 24.3 Å². The van der Waals surface area contributed by atoms with Crippen molar-refractivity contribution in [3.05, 3.63) is 59.3 Å².